The van der Waals surface area contributed by atoms with Crippen molar-refractivity contribution in [2.45, 2.75) is 13.3 Å². The quantitative estimate of drug-likeness (QED) is 0.839. The van der Waals surface area contributed by atoms with Crippen LogP contribution in [0.15, 0.2) is 29.3 Å². The highest BCUT2D eigenvalue weighted by Gasteiger charge is 2.15. The highest BCUT2D eigenvalue weighted by Crippen LogP contribution is 2.21. The maximum Gasteiger partial charge on any atom is 0.246 e. The fraction of sp³-hybridized carbons (Fsp3) is 0.357. The lowest BCUT2D eigenvalue weighted by atomic mass is 10.0. The second kappa shape index (κ2) is 6.42. The zero-order valence-corrected chi connectivity index (χ0v) is 12.2. The van der Waals surface area contributed by atoms with Gasteiger partial charge in [0, 0.05) is 35.3 Å². The number of hydrogen-bond acceptors (Lipinski definition) is 2. The molecular weight excluding hydrogens is 283 g/mol. The molecule has 1 aliphatic heterocycles. The maximum absolute atomic E-state index is 11.9. The second-order valence-electron chi connectivity index (χ2n) is 4.57. The van der Waals surface area contributed by atoms with E-state index >= 15 is 0 Å². The maximum atomic E-state index is 11.9. The molecule has 0 radical (unpaired) electrons. The van der Waals surface area contributed by atoms with Crippen LogP contribution in [0.1, 0.15) is 12.5 Å². The van der Waals surface area contributed by atoms with E-state index in [0.29, 0.717) is 23.0 Å². The number of amides is 1. The monoisotopic (exact) mass is 298 g/mol. The number of hydrogen-bond donors (Lipinski definition) is 2. The van der Waals surface area contributed by atoms with Crippen molar-refractivity contribution in [1.29, 1.82) is 0 Å². The van der Waals surface area contributed by atoms with Gasteiger partial charge in [-0.05, 0) is 36.6 Å². The molecular formula is C14H16Cl2N2O. The third kappa shape index (κ3) is 3.72. The first-order chi connectivity index (χ1) is 9.08. The Kier molecular flexibility index (Phi) is 4.86. The molecule has 1 fully saturated rings. The Morgan fingerprint density at radius 2 is 2.11 bits per heavy atom. The Morgan fingerprint density at radius 3 is 2.68 bits per heavy atom. The van der Waals surface area contributed by atoms with Crippen molar-refractivity contribution in [2.75, 3.05) is 19.6 Å². The molecule has 0 aliphatic carbocycles. The molecule has 0 spiro atoms. The Morgan fingerprint density at radius 1 is 1.37 bits per heavy atom. The molecule has 1 aliphatic rings. The summed E-state index contributed by atoms with van der Waals surface area (Å²) in [5.74, 6) is 0.00147. The molecule has 1 saturated heterocycles. The molecule has 0 unspecified atom stereocenters. The van der Waals surface area contributed by atoms with E-state index in [9.17, 15) is 4.79 Å². The highest BCUT2D eigenvalue weighted by atomic mass is 35.5. The van der Waals surface area contributed by atoms with Crippen molar-refractivity contribution < 1.29 is 4.79 Å². The third-order valence-corrected chi connectivity index (χ3v) is 3.83. The normalized spacial score (nSPS) is 13.9. The van der Waals surface area contributed by atoms with Gasteiger partial charge in [0.15, 0.2) is 0 Å². The SMILES string of the molecule is CC(C(=O)NCCc1ccc(Cl)cc1Cl)=C1CNC1. The van der Waals surface area contributed by atoms with Crippen LogP contribution in [-0.2, 0) is 11.2 Å². The number of nitrogens with one attached hydrogen (secondary N) is 2. The molecule has 19 heavy (non-hydrogen) atoms. The van der Waals surface area contributed by atoms with Gasteiger partial charge in [0.2, 0.25) is 5.91 Å². The summed E-state index contributed by atoms with van der Waals surface area (Å²) in [5.41, 5.74) is 2.99. The standard InChI is InChI=1S/C14H16Cl2N2O/c1-9(11-7-17-8-11)14(19)18-5-4-10-2-3-12(15)6-13(10)16/h2-3,6,17H,4-5,7-8H2,1H3,(H,18,19). The van der Waals surface area contributed by atoms with E-state index in [2.05, 4.69) is 10.6 Å². The van der Waals surface area contributed by atoms with Crippen molar-refractivity contribution in [2.24, 2.45) is 0 Å². The van der Waals surface area contributed by atoms with Gasteiger partial charge in [-0.1, -0.05) is 29.3 Å². The minimum atomic E-state index is 0.00147. The average molecular weight is 299 g/mol. The van der Waals surface area contributed by atoms with Gasteiger partial charge < -0.3 is 10.6 Å². The van der Waals surface area contributed by atoms with E-state index in [1.807, 2.05) is 13.0 Å². The Balaban J connectivity index is 1.85. The molecule has 0 bridgehead atoms. The molecule has 1 heterocycles. The fourth-order valence-electron chi connectivity index (χ4n) is 1.84. The fourth-order valence-corrected chi connectivity index (χ4v) is 2.35. The van der Waals surface area contributed by atoms with Crippen molar-refractivity contribution in [3.63, 3.8) is 0 Å². The van der Waals surface area contributed by atoms with Crippen LogP contribution in [0, 0.1) is 0 Å². The molecule has 1 aromatic carbocycles. The first-order valence-electron chi connectivity index (χ1n) is 6.19. The van der Waals surface area contributed by atoms with E-state index in [1.165, 1.54) is 5.57 Å². The van der Waals surface area contributed by atoms with Crippen LogP contribution in [0.25, 0.3) is 0 Å². The average Bonchev–Trinajstić information content (AvgIpc) is 2.29. The lowest BCUT2D eigenvalue weighted by Crippen LogP contribution is -2.38. The molecule has 0 atom stereocenters. The molecule has 2 rings (SSSR count). The minimum absolute atomic E-state index is 0.00147. The number of carbonyl (C=O) groups is 1. The Labute approximate surface area is 123 Å². The van der Waals surface area contributed by atoms with Crippen molar-refractivity contribution in [3.05, 3.63) is 45.0 Å². The highest BCUT2D eigenvalue weighted by molar-refractivity contribution is 6.35. The molecule has 102 valence electrons. The summed E-state index contributed by atoms with van der Waals surface area (Å²) >= 11 is 11.9. The first-order valence-corrected chi connectivity index (χ1v) is 6.95. The van der Waals surface area contributed by atoms with Crippen LogP contribution in [0.4, 0.5) is 0 Å². The molecule has 1 aromatic rings. The summed E-state index contributed by atoms with van der Waals surface area (Å²) in [6.07, 6.45) is 0.697. The summed E-state index contributed by atoms with van der Waals surface area (Å²) in [6, 6.07) is 5.41. The summed E-state index contributed by atoms with van der Waals surface area (Å²) < 4.78 is 0. The van der Waals surface area contributed by atoms with E-state index in [-0.39, 0.29) is 5.91 Å². The van der Waals surface area contributed by atoms with E-state index in [1.54, 1.807) is 12.1 Å². The molecule has 5 heteroatoms. The number of rotatable bonds is 4. The van der Waals surface area contributed by atoms with E-state index in [0.717, 1.165) is 24.2 Å². The summed E-state index contributed by atoms with van der Waals surface area (Å²) in [5, 5.41) is 7.29. The van der Waals surface area contributed by atoms with Gasteiger partial charge in [0.1, 0.15) is 0 Å². The van der Waals surface area contributed by atoms with Crippen molar-refractivity contribution in [3.8, 4) is 0 Å². The van der Waals surface area contributed by atoms with E-state index in [4.69, 9.17) is 23.2 Å². The topological polar surface area (TPSA) is 41.1 Å². The van der Waals surface area contributed by atoms with Gasteiger partial charge in [0.25, 0.3) is 0 Å². The molecule has 0 saturated carbocycles. The van der Waals surface area contributed by atoms with Crippen LogP contribution in [0.5, 0.6) is 0 Å². The lowest BCUT2D eigenvalue weighted by Gasteiger charge is -2.21. The zero-order valence-electron chi connectivity index (χ0n) is 10.7. The van der Waals surface area contributed by atoms with Crippen LogP contribution < -0.4 is 10.6 Å². The predicted octanol–water partition coefficient (Wildman–Crippen LogP) is 2.57. The first kappa shape index (κ1) is 14.4. The molecule has 2 N–H and O–H groups in total. The third-order valence-electron chi connectivity index (χ3n) is 3.24. The summed E-state index contributed by atoms with van der Waals surface area (Å²) in [4.78, 5) is 11.9. The Hall–Kier alpha value is -1.03. The molecule has 3 nitrogen and oxygen atoms in total. The largest absolute Gasteiger partial charge is 0.352 e. The van der Waals surface area contributed by atoms with Gasteiger partial charge in [-0.25, -0.2) is 0 Å². The summed E-state index contributed by atoms with van der Waals surface area (Å²) in [6.45, 7) is 4.07. The second-order valence-corrected chi connectivity index (χ2v) is 5.42. The minimum Gasteiger partial charge on any atom is -0.352 e. The predicted molar refractivity (Wildman–Crippen MR) is 78.7 cm³/mol. The molecule has 1 amide bonds. The van der Waals surface area contributed by atoms with Crippen LogP contribution in [-0.4, -0.2) is 25.5 Å². The van der Waals surface area contributed by atoms with Crippen LogP contribution in [0.2, 0.25) is 10.0 Å². The number of benzene rings is 1. The van der Waals surface area contributed by atoms with Gasteiger partial charge in [0.05, 0.1) is 0 Å². The van der Waals surface area contributed by atoms with Gasteiger partial charge in [-0.3, -0.25) is 4.79 Å². The van der Waals surface area contributed by atoms with Gasteiger partial charge >= 0.3 is 0 Å². The van der Waals surface area contributed by atoms with Crippen LogP contribution in [0.3, 0.4) is 0 Å². The number of carbonyl (C=O) groups excluding carboxylic acids is 1. The smallest absolute Gasteiger partial charge is 0.246 e. The van der Waals surface area contributed by atoms with Gasteiger partial charge in [-0.2, -0.15) is 0 Å². The van der Waals surface area contributed by atoms with Gasteiger partial charge in [-0.15, -0.1) is 0 Å². The zero-order chi connectivity index (χ0) is 13.8. The van der Waals surface area contributed by atoms with E-state index < -0.39 is 0 Å². The Bertz CT molecular complexity index is 520. The summed E-state index contributed by atoms with van der Waals surface area (Å²) in [7, 11) is 0. The number of halogens is 2. The lowest BCUT2D eigenvalue weighted by molar-refractivity contribution is -0.117. The van der Waals surface area contributed by atoms with Crippen molar-refractivity contribution >= 4 is 29.1 Å². The van der Waals surface area contributed by atoms with Crippen LogP contribution >= 0.6 is 23.2 Å². The molecule has 0 aromatic heterocycles. The van der Waals surface area contributed by atoms with Crippen molar-refractivity contribution in [1.82, 2.24) is 10.6 Å².